The summed E-state index contributed by atoms with van der Waals surface area (Å²) in [5.41, 5.74) is 0.0688. The quantitative estimate of drug-likeness (QED) is 0.617. The maximum absolute atomic E-state index is 11.0. The SMILES string of the molecule is O=[N+]([O-])c1cccnc1N1CCC(C2OCCO2)CC1. The van der Waals surface area contributed by atoms with Crippen molar-refractivity contribution in [3.63, 3.8) is 0 Å². The van der Waals surface area contributed by atoms with E-state index in [9.17, 15) is 10.1 Å². The lowest BCUT2D eigenvalue weighted by Crippen LogP contribution is -2.38. The van der Waals surface area contributed by atoms with Crippen LogP contribution in [-0.2, 0) is 9.47 Å². The van der Waals surface area contributed by atoms with E-state index < -0.39 is 0 Å². The summed E-state index contributed by atoms with van der Waals surface area (Å²) >= 11 is 0. The third-order valence-electron chi connectivity index (χ3n) is 3.83. The van der Waals surface area contributed by atoms with E-state index in [0.717, 1.165) is 25.9 Å². The van der Waals surface area contributed by atoms with Crippen LogP contribution in [0.4, 0.5) is 11.5 Å². The molecule has 2 fully saturated rings. The van der Waals surface area contributed by atoms with Crippen molar-refractivity contribution in [2.45, 2.75) is 19.1 Å². The Balaban J connectivity index is 1.67. The van der Waals surface area contributed by atoms with Gasteiger partial charge in [0.25, 0.3) is 0 Å². The molecule has 0 bridgehead atoms. The predicted molar refractivity (Wildman–Crippen MR) is 71.5 cm³/mol. The molecule has 0 unspecified atom stereocenters. The summed E-state index contributed by atoms with van der Waals surface area (Å²) in [5.74, 6) is 0.834. The minimum Gasteiger partial charge on any atom is -0.351 e. The Kier molecular flexibility index (Phi) is 3.79. The normalized spacial score (nSPS) is 21.3. The molecule has 7 nitrogen and oxygen atoms in total. The van der Waals surface area contributed by atoms with Gasteiger partial charge in [0.2, 0.25) is 5.82 Å². The van der Waals surface area contributed by atoms with Crippen molar-refractivity contribution in [3.8, 4) is 0 Å². The summed E-state index contributed by atoms with van der Waals surface area (Å²) < 4.78 is 11.1. The number of rotatable bonds is 3. The van der Waals surface area contributed by atoms with Crippen LogP contribution in [0.15, 0.2) is 18.3 Å². The molecule has 7 heteroatoms. The van der Waals surface area contributed by atoms with Gasteiger partial charge in [0, 0.05) is 31.3 Å². The van der Waals surface area contributed by atoms with Crippen molar-refractivity contribution < 1.29 is 14.4 Å². The van der Waals surface area contributed by atoms with Crippen LogP contribution in [0.3, 0.4) is 0 Å². The van der Waals surface area contributed by atoms with Crippen LogP contribution >= 0.6 is 0 Å². The average molecular weight is 279 g/mol. The Hall–Kier alpha value is -1.73. The lowest BCUT2D eigenvalue weighted by molar-refractivity contribution is -0.384. The summed E-state index contributed by atoms with van der Waals surface area (Å²) in [4.78, 5) is 16.8. The van der Waals surface area contributed by atoms with Crippen LogP contribution in [0, 0.1) is 16.0 Å². The second-order valence-electron chi connectivity index (χ2n) is 5.04. The molecule has 2 aliphatic rings. The zero-order chi connectivity index (χ0) is 13.9. The molecule has 0 amide bonds. The molecule has 2 aliphatic heterocycles. The Morgan fingerprint density at radius 1 is 1.30 bits per heavy atom. The van der Waals surface area contributed by atoms with Gasteiger partial charge in [0.15, 0.2) is 6.29 Å². The van der Waals surface area contributed by atoms with Gasteiger partial charge in [0.05, 0.1) is 18.1 Å². The van der Waals surface area contributed by atoms with Crippen LogP contribution in [0.2, 0.25) is 0 Å². The van der Waals surface area contributed by atoms with Crippen LogP contribution in [0.25, 0.3) is 0 Å². The lowest BCUT2D eigenvalue weighted by atomic mass is 9.96. The molecular formula is C13H17N3O4. The average Bonchev–Trinajstić information content (AvgIpc) is 3.02. The van der Waals surface area contributed by atoms with E-state index in [-0.39, 0.29) is 16.9 Å². The largest absolute Gasteiger partial charge is 0.351 e. The van der Waals surface area contributed by atoms with Crippen molar-refractivity contribution in [1.29, 1.82) is 0 Å². The van der Waals surface area contributed by atoms with Gasteiger partial charge in [-0.15, -0.1) is 0 Å². The second kappa shape index (κ2) is 5.72. The highest BCUT2D eigenvalue weighted by molar-refractivity contribution is 5.57. The summed E-state index contributed by atoms with van der Waals surface area (Å²) in [6.07, 6.45) is 3.30. The fraction of sp³-hybridized carbons (Fsp3) is 0.615. The Bertz CT molecular complexity index is 482. The van der Waals surface area contributed by atoms with Gasteiger partial charge in [0.1, 0.15) is 0 Å². The van der Waals surface area contributed by atoms with Crippen LogP contribution in [0.5, 0.6) is 0 Å². The van der Waals surface area contributed by atoms with Gasteiger partial charge >= 0.3 is 5.69 Å². The number of ether oxygens (including phenoxy) is 2. The molecule has 0 spiro atoms. The molecule has 20 heavy (non-hydrogen) atoms. The van der Waals surface area contributed by atoms with Crippen molar-refractivity contribution in [1.82, 2.24) is 4.98 Å². The monoisotopic (exact) mass is 279 g/mol. The first kappa shape index (κ1) is 13.3. The number of hydrogen-bond donors (Lipinski definition) is 0. The molecule has 0 atom stereocenters. The van der Waals surface area contributed by atoms with Crippen molar-refractivity contribution in [2.24, 2.45) is 5.92 Å². The molecule has 0 N–H and O–H groups in total. The molecule has 0 aliphatic carbocycles. The molecule has 1 aromatic heterocycles. The number of pyridine rings is 1. The van der Waals surface area contributed by atoms with Crippen molar-refractivity contribution in [2.75, 3.05) is 31.2 Å². The maximum atomic E-state index is 11.0. The summed E-state index contributed by atoms with van der Waals surface area (Å²) in [5, 5.41) is 11.0. The fourth-order valence-corrected chi connectivity index (χ4v) is 2.81. The third-order valence-corrected chi connectivity index (χ3v) is 3.83. The number of hydrogen-bond acceptors (Lipinski definition) is 6. The maximum Gasteiger partial charge on any atom is 0.311 e. The van der Waals surface area contributed by atoms with Gasteiger partial charge in [-0.2, -0.15) is 0 Å². The van der Waals surface area contributed by atoms with Crippen LogP contribution in [0.1, 0.15) is 12.8 Å². The molecule has 2 saturated heterocycles. The Morgan fingerprint density at radius 2 is 2.00 bits per heavy atom. The number of anilines is 1. The molecule has 0 saturated carbocycles. The van der Waals surface area contributed by atoms with Crippen molar-refractivity contribution in [3.05, 3.63) is 28.4 Å². The van der Waals surface area contributed by atoms with Crippen molar-refractivity contribution >= 4 is 11.5 Å². The first-order valence-electron chi connectivity index (χ1n) is 6.83. The number of aromatic nitrogens is 1. The van der Waals surface area contributed by atoms with E-state index in [4.69, 9.17) is 9.47 Å². The molecule has 3 rings (SSSR count). The van der Waals surface area contributed by atoms with E-state index in [0.29, 0.717) is 24.9 Å². The van der Waals surface area contributed by atoms with E-state index in [1.54, 1.807) is 12.3 Å². The Morgan fingerprint density at radius 3 is 2.65 bits per heavy atom. The summed E-state index contributed by atoms with van der Waals surface area (Å²) in [6.45, 7) is 2.81. The van der Waals surface area contributed by atoms with Gasteiger partial charge < -0.3 is 14.4 Å². The van der Waals surface area contributed by atoms with E-state index in [1.165, 1.54) is 6.07 Å². The predicted octanol–water partition coefficient (Wildman–Crippen LogP) is 1.58. The number of piperidine rings is 1. The van der Waals surface area contributed by atoms with Gasteiger partial charge in [-0.05, 0) is 18.9 Å². The molecule has 108 valence electrons. The second-order valence-corrected chi connectivity index (χ2v) is 5.04. The molecule has 3 heterocycles. The smallest absolute Gasteiger partial charge is 0.311 e. The fourth-order valence-electron chi connectivity index (χ4n) is 2.81. The lowest BCUT2D eigenvalue weighted by Gasteiger charge is -2.34. The minimum absolute atomic E-state index is 0.0688. The van der Waals surface area contributed by atoms with Gasteiger partial charge in [-0.25, -0.2) is 4.98 Å². The van der Waals surface area contributed by atoms with Crippen LogP contribution < -0.4 is 4.90 Å². The summed E-state index contributed by atoms with van der Waals surface area (Å²) in [6, 6.07) is 3.09. The van der Waals surface area contributed by atoms with E-state index >= 15 is 0 Å². The topological polar surface area (TPSA) is 77.7 Å². The van der Waals surface area contributed by atoms with E-state index in [2.05, 4.69) is 4.98 Å². The Labute approximate surface area is 116 Å². The van der Waals surface area contributed by atoms with Crippen LogP contribution in [-0.4, -0.2) is 42.5 Å². The van der Waals surface area contributed by atoms with Gasteiger partial charge in [-0.1, -0.05) is 0 Å². The number of nitro groups is 1. The highest BCUT2D eigenvalue weighted by Crippen LogP contribution is 2.31. The first-order chi connectivity index (χ1) is 9.75. The summed E-state index contributed by atoms with van der Waals surface area (Å²) in [7, 11) is 0. The highest BCUT2D eigenvalue weighted by atomic mass is 16.7. The number of nitrogens with zero attached hydrogens (tertiary/aromatic N) is 3. The highest BCUT2D eigenvalue weighted by Gasteiger charge is 2.32. The minimum atomic E-state index is -0.377. The molecule has 0 aromatic carbocycles. The first-order valence-corrected chi connectivity index (χ1v) is 6.83. The van der Waals surface area contributed by atoms with Gasteiger partial charge in [-0.3, -0.25) is 10.1 Å². The molecule has 0 radical (unpaired) electrons. The zero-order valence-corrected chi connectivity index (χ0v) is 11.1. The molecule has 1 aromatic rings. The molecular weight excluding hydrogens is 262 g/mol. The van der Waals surface area contributed by atoms with E-state index in [1.807, 2.05) is 4.90 Å². The standard InChI is InChI=1S/C13H17N3O4/c17-16(18)11-2-1-5-14-12(11)15-6-3-10(4-7-15)13-19-8-9-20-13/h1-2,5,10,13H,3-4,6-9H2. The zero-order valence-electron chi connectivity index (χ0n) is 11.1. The third kappa shape index (κ3) is 2.59.